The Bertz CT molecular complexity index is 466. The predicted octanol–water partition coefficient (Wildman–Crippen LogP) is 4.40. The molecule has 5 atom stereocenters. The van der Waals surface area contributed by atoms with E-state index in [9.17, 15) is 0 Å². The summed E-state index contributed by atoms with van der Waals surface area (Å²) in [6.45, 7) is 7.52. The second-order valence-corrected chi connectivity index (χ2v) is 6.85. The molecular weight excluding hydrogens is 204 g/mol. The van der Waals surface area contributed by atoms with Crippen LogP contribution in [0.1, 0.15) is 45.6 Å². The third-order valence-electron chi connectivity index (χ3n) is 7.28. The molecule has 4 rings (SSSR count). The van der Waals surface area contributed by atoms with Gasteiger partial charge >= 0.3 is 0 Å². The molecule has 0 heteroatoms. The highest BCUT2D eigenvalue weighted by molar-refractivity contribution is 5.55. The van der Waals surface area contributed by atoms with E-state index in [0.29, 0.717) is 16.2 Å². The summed E-state index contributed by atoms with van der Waals surface area (Å²) < 4.78 is 0. The van der Waals surface area contributed by atoms with Crippen molar-refractivity contribution >= 4 is 0 Å². The first-order valence-corrected chi connectivity index (χ1v) is 7.20. The highest BCUT2D eigenvalue weighted by atomic mass is 15.0. The Balaban J connectivity index is 1.89. The molecule has 3 saturated carbocycles. The first kappa shape index (κ1) is 10.2. The first-order valence-electron chi connectivity index (χ1n) is 7.20. The lowest BCUT2D eigenvalue weighted by Gasteiger charge is -2.58. The third-order valence-corrected chi connectivity index (χ3v) is 7.28. The second kappa shape index (κ2) is 2.63. The molecule has 0 nitrogen and oxygen atoms in total. The van der Waals surface area contributed by atoms with Crippen LogP contribution in [0.3, 0.4) is 0 Å². The molecular formula is C17H22. The molecule has 3 aliphatic carbocycles. The van der Waals surface area contributed by atoms with E-state index in [1.807, 2.05) is 0 Å². The van der Waals surface area contributed by atoms with E-state index in [0.717, 1.165) is 11.8 Å². The van der Waals surface area contributed by atoms with Gasteiger partial charge in [0.1, 0.15) is 0 Å². The van der Waals surface area contributed by atoms with Crippen molar-refractivity contribution in [2.24, 2.45) is 22.7 Å². The van der Waals surface area contributed by atoms with Crippen LogP contribution in [0.5, 0.6) is 0 Å². The molecule has 0 radical (unpaired) electrons. The van der Waals surface area contributed by atoms with Crippen molar-refractivity contribution in [3.05, 3.63) is 35.9 Å². The maximum Gasteiger partial charge on any atom is 0.0105 e. The molecule has 3 fully saturated rings. The Morgan fingerprint density at radius 1 is 1.06 bits per heavy atom. The van der Waals surface area contributed by atoms with Gasteiger partial charge in [-0.25, -0.2) is 0 Å². The molecule has 0 aromatic heterocycles. The highest BCUT2D eigenvalue weighted by Gasteiger charge is 2.95. The van der Waals surface area contributed by atoms with Gasteiger partial charge in [0.15, 0.2) is 0 Å². The smallest absolute Gasteiger partial charge is 0.0105 e. The number of hydrogen-bond donors (Lipinski definition) is 0. The quantitative estimate of drug-likeness (QED) is 0.701. The van der Waals surface area contributed by atoms with E-state index in [1.165, 1.54) is 19.3 Å². The lowest BCUT2D eigenvalue weighted by molar-refractivity contribution is -0.0483. The summed E-state index contributed by atoms with van der Waals surface area (Å²) in [6.07, 6.45) is 4.31. The van der Waals surface area contributed by atoms with E-state index in [4.69, 9.17) is 0 Å². The Morgan fingerprint density at radius 3 is 2.24 bits per heavy atom. The van der Waals surface area contributed by atoms with E-state index < -0.39 is 0 Å². The van der Waals surface area contributed by atoms with Crippen molar-refractivity contribution in [2.75, 3.05) is 0 Å². The second-order valence-electron chi connectivity index (χ2n) is 6.85. The van der Waals surface area contributed by atoms with Crippen molar-refractivity contribution in [3.8, 4) is 0 Å². The van der Waals surface area contributed by atoms with Crippen molar-refractivity contribution in [3.63, 3.8) is 0 Å². The number of rotatable bonds is 2. The van der Waals surface area contributed by atoms with Gasteiger partial charge in [-0.3, -0.25) is 0 Å². The van der Waals surface area contributed by atoms with Crippen LogP contribution in [0.2, 0.25) is 0 Å². The summed E-state index contributed by atoms with van der Waals surface area (Å²) in [5, 5.41) is 0. The van der Waals surface area contributed by atoms with Crippen molar-refractivity contribution in [1.82, 2.24) is 0 Å². The topological polar surface area (TPSA) is 0 Å². The van der Waals surface area contributed by atoms with E-state index in [2.05, 4.69) is 51.1 Å². The van der Waals surface area contributed by atoms with Crippen molar-refractivity contribution < 1.29 is 0 Å². The molecule has 0 saturated heterocycles. The molecule has 0 heterocycles. The zero-order chi connectivity index (χ0) is 11.9. The third kappa shape index (κ3) is 0.687. The minimum atomic E-state index is 0.541. The summed E-state index contributed by atoms with van der Waals surface area (Å²) in [5.41, 5.74) is 3.35. The summed E-state index contributed by atoms with van der Waals surface area (Å²) in [5.74, 6) is 2.03. The fourth-order valence-electron chi connectivity index (χ4n) is 6.34. The Labute approximate surface area is 104 Å². The van der Waals surface area contributed by atoms with Crippen LogP contribution >= 0.6 is 0 Å². The fraction of sp³-hybridized carbons (Fsp3) is 0.647. The lowest BCUT2D eigenvalue weighted by Crippen LogP contribution is -2.54. The van der Waals surface area contributed by atoms with Crippen LogP contribution in [0.15, 0.2) is 30.3 Å². The average Bonchev–Trinajstić information content (AvgIpc) is 2.70. The molecule has 1 aromatic rings. The maximum absolute atomic E-state index is 2.57. The normalized spacial score (nSPS) is 54.1. The summed E-state index contributed by atoms with van der Waals surface area (Å²) in [7, 11) is 0. The van der Waals surface area contributed by atoms with Crippen LogP contribution in [0, 0.1) is 22.7 Å². The molecule has 0 unspecified atom stereocenters. The average molecular weight is 226 g/mol. The van der Waals surface area contributed by atoms with Crippen LogP contribution in [-0.2, 0) is 5.41 Å². The van der Waals surface area contributed by atoms with Crippen molar-refractivity contribution in [1.29, 1.82) is 0 Å². The monoisotopic (exact) mass is 226 g/mol. The first-order chi connectivity index (χ1) is 8.14. The van der Waals surface area contributed by atoms with Gasteiger partial charge in [0.05, 0.1) is 0 Å². The highest BCUT2D eigenvalue weighted by Crippen LogP contribution is 2.97. The van der Waals surface area contributed by atoms with Gasteiger partial charge in [-0.15, -0.1) is 0 Å². The Kier molecular flexibility index (Phi) is 1.57. The van der Waals surface area contributed by atoms with Gasteiger partial charge in [-0.1, -0.05) is 51.1 Å². The van der Waals surface area contributed by atoms with Crippen LogP contribution in [-0.4, -0.2) is 0 Å². The van der Waals surface area contributed by atoms with Crippen molar-refractivity contribution in [2.45, 2.75) is 45.4 Å². The Hall–Kier alpha value is -0.780. The minimum absolute atomic E-state index is 0.541. The molecule has 0 aliphatic heterocycles. The van der Waals surface area contributed by atoms with E-state index in [-0.39, 0.29) is 0 Å². The summed E-state index contributed by atoms with van der Waals surface area (Å²) >= 11 is 0. The lowest BCUT2D eigenvalue weighted by atomic mass is 9.46. The number of benzene rings is 1. The van der Waals surface area contributed by atoms with E-state index >= 15 is 0 Å². The van der Waals surface area contributed by atoms with Gasteiger partial charge in [0.25, 0.3) is 0 Å². The molecule has 0 bridgehead atoms. The molecule has 90 valence electrons. The van der Waals surface area contributed by atoms with Crippen LogP contribution in [0.25, 0.3) is 0 Å². The summed E-state index contributed by atoms with van der Waals surface area (Å²) in [6, 6.07) is 11.4. The number of fused-ring (bicyclic) bond motifs is 4. The molecule has 0 spiro atoms. The zero-order valence-electron chi connectivity index (χ0n) is 11.2. The van der Waals surface area contributed by atoms with Gasteiger partial charge in [0.2, 0.25) is 0 Å². The molecule has 17 heavy (non-hydrogen) atoms. The standard InChI is InChI=1S/C17H22/c1-4-15(2)16(3)13-10-11-14(13)17(15,16)12-8-6-5-7-9-12/h5-9,13-14H,4,10-11H2,1-3H3/t13-,14-,15-,16+,17+/m1/s1. The van der Waals surface area contributed by atoms with Crippen LogP contribution in [0.4, 0.5) is 0 Å². The van der Waals surface area contributed by atoms with Gasteiger partial charge < -0.3 is 0 Å². The predicted molar refractivity (Wildman–Crippen MR) is 70.8 cm³/mol. The largest absolute Gasteiger partial charge is 0.0648 e. The minimum Gasteiger partial charge on any atom is -0.0648 e. The van der Waals surface area contributed by atoms with Gasteiger partial charge in [0, 0.05) is 5.41 Å². The van der Waals surface area contributed by atoms with Crippen LogP contribution < -0.4 is 0 Å². The fourth-order valence-corrected chi connectivity index (χ4v) is 6.34. The SMILES string of the molecule is CC[C@]1(C)[C@]2(C)[C@@H]3CC[C@H]3[C@@]12c1ccccc1. The maximum atomic E-state index is 2.57. The zero-order valence-corrected chi connectivity index (χ0v) is 11.2. The van der Waals surface area contributed by atoms with Gasteiger partial charge in [-0.2, -0.15) is 0 Å². The van der Waals surface area contributed by atoms with E-state index in [1.54, 1.807) is 5.56 Å². The molecule has 0 N–H and O–H groups in total. The van der Waals surface area contributed by atoms with Gasteiger partial charge in [-0.05, 0) is 47.5 Å². The molecule has 3 aliphatic rings. The Morgan fingerprint density at radius 2 is 1.71 bits per heavy atom. The summed E-state index contributed by atoms with van der Waals surface area (Å²) in [4.78, 5) is 0. The number of hydrogen-bond acceptors (Lipinski definition) is 0. The molecule has 1 aromatic carbocycles. The molecule has 0 amide bonds.